The molecule has 0 aliphatic rings. The number of amides is 1. The first kappa shape index (κ1) is 20.3. The van der Waals surface area contributed by atoms with Gasteiger partial charge in [0.05, 0.1) is 5.56 Å². The number of halogens is 3. The van der Waals surface area contributed by atoms with Gasteiger partial charge in [0.15, 0.2) is 5.76 Å². The summed E-state index contributed by atoms with van der Waals surface area (Å²) < 4.78 is 51.5. The number of carboxylic acids is 1. The number of alkyl halides is 3. The first-order valence-electron chi connectivity index (χ1n) is 7.69. The van der Waals surface area contributed by atoms with Gasteiger partial charge < -0.3 is 24.3 Å². The van der Waals surface area contributed by atoms with Crippen molar-refractivity contribution in [3.63, 3.8) is 0 Å². The average molecular weight is 387 g/mol. The Bertz CT molecular complexity index is 802. The summed E-state index contributed by atoms with van der Waals surface area (Å²) in [7, 11) is 1.39. The van der Waals surface area contributed by atoms with E-state index in [9.17, 15) is 22.8 Å². The molecule has 2 N–H and O–H groups in total. The number of ether oxygens (including phenoxy) is 2. The normalized spacial score (nSPS) is 12.4. The molecule has 0 bridgehead atoms. The molecule has 2 rings (SSSR count). The highest BCUT2D eigenvalue weighted by Crippen LogP contribution is 2.34. The summed E-state index contributed by atoms with van der Waals surface area (Å²) >= 11 is 0. The Hall–Kier alpha value is -3.01. The lowest BCUT2D eigenvalue weighted by molar-refractivity contribution is -0.274. The van der Waals surface area contributed by atoms with E-state index in [0.29, 0.717) is 0 Å². The second kappa shape index (κ2) is 8.58. The van der Waals surface area contributed by atoms with Gasteiger partial charge in [-0.2, -0.15) is 0 Å². The zero-order chi connectivity index (χ0) is 20.0. The maximum atomic E-state index is 12.5. The highest BCUT2D eigenvalue weighted by atomic mass is 19.4. The minimum Gasteiger partial charge on any atom is -0.480 e. The Morgan fingerprint density at radius 1 is 1.22 bits per heavy atom. The quantitative estimate of drug-likeness (QED) is 0.723. The van der Waals surface area contributed by atoms with Gasteiger partial charge in [-0.05, 0) is 24.3 Å². The summed E-state index contributed by atoms with van der Waals surface area (Å²) in [4.78, 5) is 23.3. The highest BCUT2D eigenvalue weighted by Gasteiger charge is 2.32. The number of hydrogen-bond acceptors (Lipinski definition) is 5. The van der Waals surface area contributed by atoms with Gasteiger partial charge in [0, 0.05) is 20.1 Å². The second-order valence-electron chi connectivity index (χ2n) is 5.35. The fourth-order valence-electron chi connectivity index (χ4n) is 2.21. The van der Waals surface area contributed by atoms with Crippen molar-refractivity contribution < 1.29 is 41.8 Å². The fourth-order valence-corrected chi connectivity index (χ4v) is 2.21. The van der Waals surface area contributed by atoms with Crippen LogP contribution in [-0.2, 0) is 9.53 Å². The molecule has 0 fully saturated rings. The fraction of sp³-hybridized carbons (Fsp3) is 0.294. The SMILES string of the molecule is COCCC(NC(=O)c1ccc(-c2ccccc2OC(F)(F)F)o1)C(=O)O. The van der Waals surface area contributed by atoms with E-state index in [1.54, 1.807) is 0 Å². The van der Waals surface area contributed by atoms with Crippen LogP contribution in [0.3, 0.4) is 0 Å². The molecular weight excluding hydrogens is 371 g/mol. The van der Waals surface area contributed by atoms with Crippen molar-refractivity contribution in [3.05, 3.63) is 42.2 Å². The summed E-state index contributed by atoms with van der Waals surface area (Å²) in [5, 5.41) is 11.4. The van der Waals surface area contributed by atoms with E-state index in [2.05, 4.69) is 10.1 Å². The van der Waals surface area contributed by atoms with E-state index in [4.69, 9.17) is 14.3 Å². The van der Waals surface area contributed by atoms with Gasteiger partial charge in [0.25, 0.3) is 5.91 Å². The molecule has 1 atom stereocenters. The largest absolute Gasteiger partial charge is 0.573 e. The number of hydrogen-bond donors (Lipinski definition) is 2. The molecule has 10 heteroatoms. The van der Waals surface area contributed by atoms with E-state index >= 15 is 0 Å². The van der Waals surface area contributed by atoms with Gasteiger partial charge >= 0.3 is 12.3 Å². The van der Waals surface area contributed by atoms with Crippen molar-refractivity contribution >= 4 is 11.9 Å². The standard InChI is InChI=1S/C17H16F3NO6/c1-25-9-8-11(16(23)24)21-15(22)14-7-6-12(26-14)10-4-2-3-5-13(10)27-17(18,19)20/h2-7,11H,8-9H2,1H3,(H,21,22)(H,23,24). The predicted octanol–water partition coefficient (Wildman–Crippen LogP) is 3.06. The van der Waals surface area contributed by atoms with Gasteiger partial charge in [-0.15, -0.1) is 13.2 Å². The third-order valence-corrected chi connectivity index (χ3v) is 3.42. The van der Waals surface area contributed by atoms with Crippen LogP contribution < -0.4 is 10.1 Å². The molecule has 0 aliphatic heterocycles. The highest BCUT2D eigenvalue weighted by molar-refractivity contribution is 5.94. The lowest BCUT2D eigenvalue weighted by Gasteiger charge is -2.13. The van der Waals surface area contributed by atoms with E-state index in [1.165, 1.54) is 37.4 Å². The first-order valence-corrected chi connectivity index (χ1v) is 7.69. The molecule has 1 unspecified atom stereocenters. The summed E-state index contributed by atoms with van der Waals surface area (Å²) in [5.41, 5.74) is -0.0111. The third-order valence-electron chi connectivity index (χ3n) is 3.42. The molecule has 0 saturated heterocycles. The van der Waals surface area contributed by atoms with Crippen LogP contribution in [0.5, 0.6) is 5.75 Å². The molecular formula is C17H16F3NO6. The molecule has 7 nitrogen and oxygen atoms in total. The van der Waals surface area contributed by atoms with Crippen LogP contribution in [0, 0.1) is 0 Å². The number of carbonyl (C=O) groups excluding carboxylic acids is 1. The van der Waals surface area contributed by atoms with Crippen LogP contribution in [0.15, 0.2) is 40.8 Å². The number of benzene rings is 1. The number of carboxylic acid groups (broad SMARTS) is 1. The summed E-state index contributed by atoms with van der Waals surface area (Å²) in [6, 6.07) is 6.59. The lowest BCUT2D eigenvalue weighted by atomic mass is 10.1. The van der Waals surface area contributed by atoms with Gasteiger partial charge in [-0.25, -0.2) is 4.79 Å². The van der Waals surface area contributed by atoms with E-state index in [1.807, 2.05) is 0 Å². The molecule has 0 radical (unpaired) electrons. The number of methoxy groups -OCH3 is 1. The molecule has 146 valence electrons. The van der Waals surface area contributed by atoms with E-state index in [0.717, 1.165) is 6.07 Å². The summed E-state index contributed by atoms with van der Waals surface area (Å²) in [6.07, 6.45) is -4.85. The molecule has 0 spiro atoms. The van der Waals surface area contributed by atoms with Crippen molar-refractivity contribution in [2.45, 2.75) is 18.8 Å². The topological polar surface area (TPSA) is 98.0 Å². The second-order valence-corrected chi connectivity index (χ2v) is 5.35. The molecule has 2 aromatic rings. The Balaban J connectivity index is 2.19. The Morgan fingerprint density at radius 2 is 1.93 bits per heavy atom. The smallest absolute Gasteiger partial charge is 0.480 e. The minimum atomic E-state index is -4.89. The number of furan rings is 1. The number of aliphatic carboxylic acids is 1. The third kappa shape index (κ3) is 5.74. The summed E-state index contributed by atoms with van der Waals surface area (Å²) in [5.74, 6) is -2.86. The van der Waals surface area contributed by atoms with E-state index in [-0.39, 0.29) is 30.1 Å². The molecule has 1 aromatic heterocycles. The van der Waals surface area contributed by atoms with Crippen LogP contribution in [0.2, 0.25) is 0 Å². The molecule has 1 heterocycles. The predicted molar refractivity (Wildman–Crippen MR) is 86.2 cm³/mol. The zero-order valence-electron chi connectivity index (χ0n) is 14.1. The van der Waals surface area contributed by atoms with E-state index < -0.39 is 30.0 Å². The van der Waals surface area contributed by atoms with Gasteiger partial charge in [-0.1, -0.05) is 12.1 Å². The first-order chi connectivity index (χ1) is 12.7. The van der Waals surface area contributed by atoms with Crippen molar-refractivity contribution in [2.75, 3.05) is 13.7 Å². The van der Waals surface area contributed by atoms with Crippen LogP contribution in [0.4, 0.5) is 13.2 Å². The molecule has 27 heavy (non-hydrogen) atoms. The number of carbonyl (C=O) groups is 2. The van der Waals surface area contributed by atoms with Gasteiger partial charge in [0.2, 0.25) is 0 Å². The van der Waals surface area contributed by atoms with Crippen molar-refractivity contribution in [2.24, 2.45) is 0 Å². The number of rotatable bonds is 8. The monoisotopic (exact) mass is 387 g/mol. The maximum absolute atomic E-state index is 12.5. The van der Waals surface area contributed by atoms with Crippen LogP contribution in [0.25, 0.3) is 11.3 Å². The van der Waals surface area contributed by atoms with Crippen molar-refractivity contribution in [3.8, 4) is 17.1 Å². The lowest BCUT2D eigenvalue weighted by Crippen LogP contribution is -2.41. The average Bonchev–Trinajstić information content (AvgIpc) is 3.07. The van der Waals surface area contributed by atoms with Gasteiger partial charge in [0.1, 0.15) is 17.6 Å². The maximum Gasteiger partial charge on any atom is 0.573 e. The summed E-state index contributed by atoms with van der Waals surface area (Å²) in [6.45, 7) is 0.114. The van der Waals surface area contributed by atoms with Gasteiger partial charge in [-0.3, -0.25) is 4.79 Å². The van der Waals surface area contributed by atoms with Crippen LogP contribution in [0.1, 0.15) is 17.0 Å². The minimum absolute atomic E-state index is 0.0111. The zero-order valence-corrected chi connectivity index (χ0v) is 14.1. The molecule has 1 amide bonds. The number of nitrogens with one attached hydrogen (secondary N) is 1. The number of para-hydroxylation sites is 1. The molecule has 1 aromatic carbocycles. The van der Waals surface area contributed by atoms with Crippen molar-refractivity contribution in [1.82, 2.24) is 5.32 Å². The molecule has 0 saturated carbocycles. The van der Waals surface area contributed by atoms with Crippen LogP contribution in [-0.4, -0.2) is 43.1 Å². The van der Waals surface area contributed by atoms with Crippen molar-refractivity contribution in [1.29, 1.82) is 0 Å². The molecule has 0 aliphatic carbocycles. The van der Waals surface area contributed by atoms with Crippen LogP contribution >= 0.6 is 0 Å². The Kier molecular flexibility index (Phi) is 6.45. The Labute approximate surface area is 151 Å². The Morgan fingerprint density at radius 3 is 2.56 bits per heavy atom.